The molecule has 0 aliphatic carbocycles. The van der Waals surface area contributed by atoms with Gasteiger partial charge in [0.25, 0.3) is 0 Å². The molecule has 146 valence electrons. The van der Waals surface area contributed by atoms with Crippen LogP contribution in [0.5, 0.6) is 5.75 Å². The van der Waals surface area contributed by atoms with Crippen molar-refractivity contribution < 1.29 is 4.74 Å². The van der Waals surface area contributed by atoms with Crippen molar-refractivity contribution in [3.05, 3.63) is 52.7 Å². The number of aromatic nitrogens is 2. The maximum atomic E-state index is 5.66. The zero-order valence-corrected chi connectivity index (χ0v) is 17.5. The lowest BCUT2D eigenvalue weighted by Crippen LogP contribution is -2.31. The number of hydrogen-bond acceptors (Lipinski definition) is 4. The number of hydrogen-bond donors (Lipinski definition) is 0. The van der Waals surface area contributed by atoms with Crippen LogP contribution in [0.15, 0.2) is 30.3 Å². The first-order chi connectivity index (χ1) is 13.5. The van der Waals surface area contributed by atoms with Gasteiger partial charge in [0.1, 0.15) is 5.75 Å². The number of fused-ring (bicyclic) bond motifs is 1. The van der Waals surface area contributed by atoms with Gasteiger partial charge in [0.05, 0.1) is 12.8 Å². The highest BCUT2D eigenvalue weighted by Crippen LogP contribution is 2.35. The lowest BCUT2D eigenvalue weighted by atomic mass is 9.93. The molecule has 1 unspecified atom stereocenters. The summed E-state index contributed by atoms with van der Waals surface area (Å²) in [6, 6.07) is 10.7. The minimum absolute atomic E-state index is 0.489. The van der Waals surface area contributed by atoms with Crippen LogP contribution >= 0.6 is 0 Å². The van der Waals surface area contributed by atoms with E-state index in [-0.39, 0.29) is 0 Å². The van der Waals surface area contributed by atoms with Crippen molar-refractivity contribution >= 4 is 11.0 Å². The average molecular weight is 376 g/mol. The summed E-state index contributed by atoms with van der Waals surface area (Å²) in [4.78, 5) is 12.4. The third-order valence-corrected chi connectivity index (χ3v) is 5.86. The van der Waals surface area contributed by atoms with E-state index in [2.05, 4.69) is 63.1 Å². The number of likely N-dealkylation sites (N-methyl/N-ethyl adjacent to an activating group) is 1. The zero-order valence-electron chi connectivity index (χ0n) is 17.5. The van der Waals surface area contributed by atoms with Crippen LogP contribution in [-0.4, -0.2) is 42.1 Å². The highest BCUT2D eigenvalue weighted by molar-refractivity contribution is 5.83. The Labute approximate surface area is 167 Å². The van der Waals surface area contributed by atoms with E-state index in [1.807, 2.05) is 0 Å². The highest BCUT2D eigenvalue weighted by Gasteiger charge is 2.21. The first-order valence-electron chi connectivity index (χ1n) is 10.1. The largest absolute Gasteiger partial charge is 0.496 e. The monoisotopic (exact) mass is 375 g/mol. The Kier molecular flexibility index (Phi) is 5.07. The van der Waals surface area contributed by atoms with Crippen molar-refractivity contribution in [2.45, 2.75) is 39.5 Å². The quantitative estimate of drug-likeness (QED) is 0.643. The fourth-order valence-electron chi connectivity index (χ4n) is 4.47. The topological polar surface area (TPSA) is 38.2 Å². The van der Waals surface area contributed by atoms with Gasteiger partial charge in [0, 0.05) is 29.1 Å². The number of likely N-dealkylation sites (tertiary alicyclic amines) is 1. The van der Waals surface area contributed by atoms with E-state index >= 15 is 0 Å². The number of rotatable bonds is 3. The molecule has 4 heteroatoms. The van der Waals surface area contributed by atoms with Gasteiger partial charge in [-0.15, -0.1) is 0 Å². The van der Waals surface area contributed by atoms with Gasteiger partial charge in [-0.05, 0) is 88.2 Å². The second kappa shape index (κ2) is 7.51. The predicted molar refractivity (Wildman–Crippen MR) is 115 cm³/mol. The van der Waals surface area contributed by atoms with E-state index in [4.69, 9.17) is 14.7 Å². The van der Waals surface area contributed by atoms with Gasteiger partial charge >= 0.3 is 0 Å². The minimum atomic E-state index is 0.489. The van der Waals surface area contributed by atoms with Crippen LogP contribution in [-0.2, 0) is 0 Å². The van der Waals surface area contributed by atoms with Gasteiger partial charge in [-0.25, -0.2) is 9.97 Å². The number of piperidine rings is 1. The number of benzene rings is 1. The average Bonchev–Trinajstić information content (AvgIpc) is 2.66. The molecule has 1 aliphatic heterocycles. The molecule has 1 atom stereocenters. The standard InChI is InChI=1S/C24H29N3O/c1-15-11-17(3)23(22(12-15)28-5)20-9-8-19-16(2)13-21(26-24(19)25-20)18-7-6-10-27(4)14-18/h8-9,11-13,18H,6-7,10,14H2,1-5H3. The summed E-state index contributed by atoms with van der Waals surface area (Å²) in [5.74, 6) is 1.36. The maximum Gasteiger partial charge on any atom is 0.160 e. The Morgan fingerprint density at radius 1 is 1.04 bits per heavy atom. The number of aryl methyl sites for hydroxylation is 3. The smallest absolute Gasteiger partial charge is 0.160 e. The third-order valence-electron chi connectivity index (χ3n) is 5.86. The van der Waals surface area contributed by atoms with E-state index in [1.54, 1.807) is 7.11 Å². The zero-order chi connectivity index (χ0) is 19.8. The van der Waals surface area contributed by atoms with E-state index in [0.717, 1.165) is 34.6 Å². The maximum absolute atomic E-state index is 5.66. The predicted octanol–water partition coefficient (Wildman–Crippen LogP) is 5.04. The Morgan fingerprint density at radius 3 is 2.61 bits per heavy atom. The minimum Gasteiger partial charge on any atom is -0.496 e. The second-order valence-corrected chi connectivity index (χ2v) is 8.19. The van der Waals surface area contributed by atoms with Crippen LogP contribution in [0.3, 0.4) is 0 Å². The molecular formula is C24H29N3O. The first kappa shape index (κ1) is 18.9. The summed E-state index contributed by atoms with van der Waals surface area (Å²) in [6.07, 6.45) is 2.43. The molecule has 0 saturated carbocycles. The summed E-state index contributed by atoms with van der Waals surface area (Å²) in [7, 11) is 3.92. The molecule has 0 radical (unpaired) electrons. The Balaban J connectivity index is 1.83. The molecule has 0 N–H and O–H groups in total. The van der Waals surface area contributed by atoms with Crippen molar-refractivity contribution in [2.75, 3.05) is 27.2 Å². The van der Waals surface area contributed by atoms with E-state index < -0.39 is 0 Å². The van der Waals surface area contributed by atoms with Gasteiger partial charge in [-0.2, -0.15) is 0 Å². The van der Waals surface area contributed by atoms with Crippen LogP contribution < -0.4 is 4.74 Å². The molecule has 1 aliphatic rings. The molecule has 4 nitrogen and oxygen atoms in total. The number of methoxy groups -OCH3 is 1. The number of pyridine rings is 2. The van der Waals surface area contributed by atoms with E-state index in [0.29, 0.717) is 5.92 Å². The Bertz CT molecular complexity index is 1030. The lowest BCUT2D eigenvalue weighted by Gasteiger charge is -2.29. The van der Waals surface area contributed by atoms with Crippen LogP contribution in [0, 0.1) is 20.8 Å². The molecule has 0 amide bonds. The summed E-state index contributed by atoms with van der Waals surface area (Å²) in [5.41, 5.74) is 7.60. The fraction of sp³-hybridized carbons (Fsp3) is 0.417. The highest BCUT2D eigenvalue weighted by atomic mass is 16.5. The third kappa shape index (κ3) is 3.49. The summed E-state index contributed by atoms with van der Waals surface area (Å²) in [5, 5.41) is 1.13. The van der Waals surface area contributed by atoms with Crippen LogP contribution in [0.1, 0.15) is 41.1 Å². The van der Waals surface area contributed by atoms with Gasteiger partial charge in [-0.1, -0.05) is 6.07 Å². The first-order valence-corrected chi connectivity index (χ1v) is 10.1. The molecule has 0 bridgehead atoms. The summed E-state index contributed by atoms with van der Waals surface area (Å²) in [6.45, 7) is 8.62. The van der Waals surface area contributed by atoms with Crippen LogP contribution in [0.2, 0.25) is 0 Å². The SMILES string of the molecule is COc1cc(C)cc(C)c1-c1ccc2c(C)cc(C3CCCN(C)C3)nc2n1. The van der Waals surface area contributed by atoms with Crippen molar-refractivity contribution in [1.29, 1.82) is 0 Å². The normalized spacial score (nSPS) is 17.8. The summed E-state index contributed by atoms with van der Waals surface area (Å²) >= 11 is 0. The van der Waals surface area contributed by atoms with Crippen molar-refractivity contribution in [3.8, 4) is 17.0 Å². The van der Waals surface area contributed by atoms with Gasteiger partial charge in [-0.3, -0.25) is 0 Å². The molecule has 4 rings (SSSR count). The number of nitrogens with zero attached hydrogens (tertiary/aromatic N) is 3. The fourth-order valence-corrected chi connectivity index (χ4v) is 4.47. The second-order valence-electron chi connectivity index (χ2n) is 8.19. The molecule has 3 aromatic rings. The molecule has 1 saturated heterocycles. The van der Waals surface area contributed by atoms with Crippen LogP contribution in [0.4, 0.5) is 0 Å². The van der Waals surface area contributed by atoms with Crippen molar-refractivity contribution in [3.63, 3.8) is 0 Å². The van der Waals surface area contributed by atoms with E-state index in [9.17, 15) is 0 Å². The molecule has 1 fully saturated rings. The molecule has 28 heavy (non-hydrogen) atoms. The number of ether oxygens (including phenoxy) is 1. The van der Waals surface area contributed by atoms with Crippen molar-refractivity contribution in [2.24, 2.45) is 0 Å². The Hall–Kier alpha value is -2.46. The van der Waals surface area contributed by atoms with Gasteiger partial charge < -0.3 is 9.64 Å². The molecule has 0 spiro atoms. The molecule has 2 aromatic heterocycles. The summed E-state index contributed by atoms with van der Waals surface area (Å²) < 4.78 is 5.66. The van der Waals surface area contributed by atoms with E-state index in [1.165, 1.54) is 41.8 Å². The lowest BCUT2D eigenvalue weighted by molar-refractivity contribution is 0.248. The Morgan fingerprint density at radius 2 is 1.86 bits per heavy atom. The molecular weight excluding hydrogens is 346 g/mol. The van der Waals surface area contributed by atoms with Gasteiger partial charge in [0.15, 0.2) is 5.65 Å². The van der Waals surface area contributed by atoms with Crippen LogP contribution in [0.25, 0.3) is 22.3 Å². The van der Waals surface area contributed by atoms with Gasteiger partial charge in [0.2, 0.25) is 0 Å². The molecule has 1 aromatic carbocycles. The molecule has 3 heterocycles. The van der Waals surface area contributed by atoms with Crippen molar-refractivity contribution in [1.82, 2.24) is 14.9 Å².